The smallest absolute Gasteiger partial charge is 0.0339 e. The van der Waals surface area contributed by atoms with E-state index in [1.54, 1.807) is 0 Å². The maximum absolute atomic E-state index is 3.96. The molecule has 0 aromatic carbocycles. The van der Waals surface area contributed by atoms with Gasteiger partial charge in [-0.1, -0.05) is 0 Å². The Kier molecular flexibility index (Phi) is 1.59. The van der Waals surface area contributed by atoms with Gasteiger partial charge in [-0.25, -0.2) is 0 Å². The normalized spacial score (nSPS) is 9.25. The Labute approximate surface area is 51.3 Å². The summed E-state index contributed by atoms with van der Waals surface area (Å²) >= 11 is 0. The quantitative estimate of drug-likeness (QED) is 0.469. The van der Waals surface area contributed by atoms with Gasteiger partial charge in [0, 0.05) is 12.4 Å². The van der Waals surface area contributed by atoms with Crippen LogP contribution >= 0.6 is 9.24 Å². The molecule has 0 N–H and O–H groups in total. The fourth-order valence-electron chi connectivity index (χ4n) is 0.578. The van der Waals surface area contributed by atoms with E-state index < -0.39 is 0 Å². The van der Waals surface area contributed by atoms with E-state index in [0.717, 1.165) is 5.30 Å². The predicted octanol–water partition coefficient (Wildman–Crippen LogP) is 0.890. The number of nitrogens with zero attached hydrogens (tertiary/aromatic N) is 1. The molecule has 1 unspecified atom stereocenters. The average molecular weight is 125 g/mol. The van der Waals surface area contributed by atoms with E-state index in [9.17, 15) is 0 Å². The highest BCUT2D eigenvalue weighted by atomic mass is 31.0. The summed E-state index contributed by atoms with van der Waals surface area (Å²) in [6.07, 6.45) is 3.66. The first kappa shape index (κ1) is 5.71. The number of aryl methyl sites for hydroxylation is 1. The molecular formula is C6H8NP. The molecule has 0 amide bonds. The van der Waals surface area contributed by atoms with Crippen molar-refractivity contribution in [1.82, 2.24) is 4.98 Å². The minimum atomic E-state index is 1.14. The molecule has 8 heavy (non-hydrogen) atoms. The lowest BCUT2D eigenvalue weighted by atomic mass is 10.3. The van der Waals surface area contributed by atoms with Crippen molar-refractivity contribution in [3.05, 3.63) is 24.0 Å². The van der Waals surface area contributed by atoms with Crippen LogP contribution in [0.5, 0.6) is 0 Å². The summed E-state index contributed by atoms with van der Waals surface area (Å²) in [5, 5.41) is 1.14. The summed E-state index contributed by atoms with van der Waals surface area (Å²) in [5.41, 5.74) is 1.21. The highest BCUT2D eigenvalue weighted by Gasteiger charge is 1.82. The van der Waals surface area contributed by atoms with E-state index in [0.29, 0.717) is 0 Å². The summed E-state index contributed by atoms with van der Waals surface area (Å²) in [7, 11) is 2.60. The fraction of sp³-hybridized carbons (Fsp3) is 0.167. The summed E-state index contributed by atoms with van der Waals surface area (Å²) < 4.78 is 0. The molecule has 1 rings (SSSR count). The van der Waals surface area contributed by atoms with Gasteiger partial charge in [-0.2, -0.15) is 0 Å². The van der Waals surface area contributed by atoms with Crippen LogP contribution in [-0.4, -0.2) is 4.98 Å². The van der Waals surface area contributed by atoms with Crippen molar-refractivity contribution in [1.29, 1.82) is 0 Å². The van der Waals surface area contributed by atoms with E-state index in [1.807, 2.05) is 19.3 Å². The van der Waals surface area contributed by atoms with Crippen LogP contribution in [0.1, 0.15) is 5.56 Å². The summed E-state index contributed by atoms with van der Waals surface area (Å²) in [4.78, 5) is 3.96. The van der Waals surface area contributed by atoms with Crippen molar-refractivity contribution in [2.45, 2.75) is 6.92 Å². The molecule has 42 valence electrons. The molecule has 0 aliphatic heterocycles. The Bertz CT molecular complexity index is 168. The third-order valence-corrected chi connectivity index (χ3v) is 1.21. The van der Waals surface area contributed by atoms with Crippen LogP contribution in [0, 0.1) is 6.92 Å². The summed E-state index contributed by atoms with van der Waals surface area (Å²) in [6.45, 7) is 2.03. The second-order valence-corrected chi connectivity index (χ2v) is 2.46. The zero-order chi connectivity index (χ0) is 5.98. The predicted molar refractivity (Wildman–Crippen MR) is 38.3 cm³/mol. The molecule has 0 aliphatic rings. The molecule has 0 spiro atoms. The van der Waals surface area contributed by atoms with Crippen LogP contribution in [0.2, 0.25) is 0 Å². The number of hydrogen-bond donors (Lipinski definition) is 0. The second-order valence-electron chi connectivity index (χ2n) is 1.80. The summed E-state index contributed by atoms with van der Waals surface area (Å²) in [6, 6.07) is 2.07. The van der Waals surface area contributed by atoms with Crippen molar-refractivity contribution in [3.8, 4) is 0 Å². The molecule has 0 saturated heterocycles. The first-order valence-electron chi connectivity index (χ1n) is 2.46. The number of pyridine rings is 1. The van der Waals surface area contributed by atoms with Crippen LogP contribution in [0.25, 0.3) is 0 Å². The average Bonchev–Trinajstić information content (AvgIpc) is 1.64. The van der Waals surface area contributed by atoms with Gasteiger partial charge in [0.15, 0.2) is 0 Å². The van der Waals surface area contributed by atoms with Crippen molar-refractivity contribution in [2.75, 3.05) is 0 Å². The molecule has 0 radical (unpaired) electrons. The molecular weight excluding hydrogens is 117 g/mol. The molecule has 0 bridgehead atoms. The molecule has 1 aromatic heterocycles. The molecule has 1 nitrogen and oxygen atoms in total. The van der Waals surface area contributed by atoms with Crippen LogP contribution < -0.4 is 5.30 Å². The van der Waals surface area contributed by atoms with Gasteiger partial charge in [0.25, 0.3) is 0 Å². The lowest BCUT2D eigenvalue weighted by Crippen LogP contribution is -1.90. The van der Waals surface area contributed by atoms with Gasteiger partial charge in [-0.15, -0.1) is 9.24 Å². The molecule has 1 aromatic rings. The third-order valence-electron chi connectivity index (χ3n) is 0.896. The van der Waals surface area contributed by atoms with Gasteiger partial charge in [0.1, 0.15) is 0 Å². The lowest BCUT2D eigenvalue weighted by molar-refractivity contribution is 1.29. The van der Waals surface area contributed by atoms with Gasteiger partial charge in [0.2, 0.25) is 0 Å². The van der Waals surface area contributed by atoms with Crippen molar-refractivity contribution in [3.63, 3.8) is 0 Å². The van der Waals surface area contributed by atoms with Crippen molar-refractivity contribution >= 4 is 14.5 Å². The fourth-order valence-corrected chi connectivity index (χ4v) is 0.927. The Hall–Kier alpha value is -0.420. The number of aromatic nitrogens is 1. The standard InChI is InChI=1S/C6H8NP/c1-5-2-6(8)4-7-3-5/h2-4H,8H2,1H3. The van der Waals surface area contributed by atoms with Gasteiger partial charge in [-0.05, 0) is 23.9 Å². The Morgan fingerprint density at radius 1 is 1.50 bits per heavy atom. The van der Waals surface area contributed by atoms with Crippen molar-refractivity contribution in [2.24, 2.45) is 0 Å². The highest BCUT2D eigenvalue weighted by molar-refractivity contribution is 7.27. The van der Waals surface area contributed by atoms with Gasteiger partial charge in [-0.3, -0.25) is 4.98 Å². The van der Waals surface area contributed by atoms with Crippen LogP contribution in [0.3, 0.4) is 0 Å². The van der Waals surface area contributed by atoms with Crippen LogP contribution in [0.15, 0.2) is 18.5 Å². The van der Waals surface area contributed by atoms with E-state index in [-0.39, 0.29) is 0 Å². The largest absolute Gasteiger partial charge is 0.264 e. The van der Waals surface area contributed by atoms with Crippen LogP contribution in [-0.2, 0) is 0 Å². The van der Waals surface area contributed by atoms with Crippen molar-refractivity contribution < 1.29 is 0 Å². The molecule has 0 fully saturated rings. The van der Waals surface area contributed by atoms with Gasteiger partial charge < -0.3 is 0 Å². The molecule has 0 saturated carbocycles. The molecule has 1 atom stereocenters. The van der Waals surface area contributed by atoms with E-state index in [2.05, 4.69) is 20.3 Å². The molecule has 2 heteroatoms. The monoisotopic (exact) mass is 125 g/mol. The lowest BCUT2D eigenvalue weighted by Gasteiger charge is -1.89. The topological polar surface area (TPSA) is 12.9 Å². The maximum Gasteiger partial charge on any atom is 0.0339 e. The van der Waals surface area contributed by atoms with Crippen LogP contribution in [0.4, 0.5) is 0 Å². The Balaban J connectivity index is 3.08. The minimum absolute atomic E-state index is 1.14. The Morgan fingerprint density at radius 2 is 2.25 bits per heavy atom. The van der Waals surface area contributed by atoms with Gasteiger partial charge in [0.05, 0.1) is 0 Å². The molecule has 0 aliphatic carbocycles. The highest BCUT2D eigenvalue weighted by Crippen LogP contribution is 1.91. The SMILES string of the molecule is Cc1cncc(P)c1. The maximum atomic E-state index is 3.96. The van der Waals surface area contributed by atoms with E-state index >= 15 is 0 Å². The summed E-state index contributed by atoms with van der Waals surface area (Å²) in [5.74, 6) is 0. The first-order chi connectivity index (χ1) is 3.79. The first-order valence-corrected chi connectivity index (χ1v) is 3.04. The Morgan fingerprint density at radius 3 is 2.62 bits per heavy atom. The second kappa shape index (κ2) is 2.23. The number of hydrogen-bond acceptors (Lipinski definition) is 1. The third kappa shape index (κ3) is 1.28. The van der Waals surface area contributed by atoms with E-state index in [1.165, 1.54) is 5.56 Å². The number of rotatable bonds is 0. The van der Waals surface area contributed by atoms with E-state index in [4.69, 9.17) is 0 Å². The zero-order valence-corrected chi connectivity index (χ0v) is 5.91. The zero-order valence-electron chi connectivity index (χ0n) is 4.76. The minimum Gasteiger partial charge on any atom is -0.264 e. The van der Waals surface area contributed by atoms with Gasteiger partial charge >= 0.3 is 0 Å². The molecule has 1 heterocycles.